The number of carbonyl (C=O) groups excluding carboxylic acids is 1. The predicted molar refractivity (Wildman–Crippen MR) is 67.9 cm³/mol. The second kappa shape index (κ2) is 5.49. The van der Waals surface area contributed by atoms with Gasteiger partial charge < -0.3 is 9.90 Å². The SMILES string of the molecule is O=C([O-])c1ccc(NS(=O)(=O)c2ccc(F)cc2F)cc1. The van der Waals surface area contributed by atoms with Crippen LogP contribution >= 0.6 is 0 Å². The largest absolute Gasteiger partial charge is 0.545 e. The lowest BCUT2D eigenvalue weighted by molar-refractivity contribution is -0.255. The lowest BCUT2D eigenvalue weighted by Crippen LogP contribution is -2.22. The fraction of sp³-hybridized carbons (Fsp3) is 0. The third-order valence-electron chi connectivity index (χ3n) is 2.56. The highest BCUT2D eigenvalue weighted by Crippen LogP contribution is 2.19. The van der Waals surface area contributed by atoms with Crippen molar-refractivity contribution in [1.29, 1.82) is 0 Å². The number of rotatable bonds is 4. The van der Waals surface area contributed by atoms with Gasteiger partial charge in [0.05, 0.1) is 5.97 Å². The van der Waals surface area contributed by atoms with Gasteiger partial charge in [0.15, 0.2) is 0 Å². The van der Waals surface area contributed by atoms with Gasteiger partial charge in [0.1, 0.15) is 16.5 Å². The van der Waals surface area contributed by atoms with Crippen molar-refractivity contribution in [2.45, 2.75) is 4.90 Å². The standard InChI is InChI=1S/C13H9F2NO4S/c14-9-3-6-12(11(15)7-9)21(19,20)16-10-4-1-8(2-5-10)13(17)18/h1-7,16H,(H,17,18)/p-1. The molecule has 2 rings (SSSR count). The molecule has 0 aliphatic carbocycles. The quantitative estimate of drug-likeness (QED) is 0.917. The first-order valence-electron chi connectivity index (χ1n) is 5.59. The van der Waals surface area contributed by atoms with Crippen molar-refractivity contribution in [3.8, 4) is 0 Å². The van der Waals surface area contributed by atoms with Crippen LogP contribution in [0.15, 0.2) is 47.4 Å². The van der Waals surface area contributed by atoms with Crippen molar-refractivity contribution in [1.82, 2.24) is 0 Å². The third-order valence-corrected chi connectivity index (χ3v) is 3.97. The zero-order valence-electron chi connectivity index (χ0n) is 10.3. The summed E-state index contributed by atoms with van der Waals surface area (Å²) in [6.45, 7) is 0. The van der Waals surface area contributed by atoms with Crippen LogP contribution < -0.4 is 9.83 Å². The summed E-state index contributed by atoms with van der Waals surface area (Å²) < 4.78 is 52.2. The smallest absolute Gasteiger partial charge is 0.264 e. The Hall–Kier alpha value is -2.48. The number of carboxylic acid groups (broad SMARTS) is 1. The van der Waals surface area contributed by atoms with Crippen LogP contribution in [0, 0.1) is 11.6 Å². The average molecular weight is 312 g/mol. The topological polar surface area (TPSA) is 86.3 Å². The molecule has 0 saturated heterocycles. The molecule has 21 heavy (non-hydrogen) atoms. The molecule has 0 amide bonds. The molecule has 0 bridgehead atoms. The van der Waals surface area contributed by atoms with Crippen LogP contribution in [0.3, 0.4) is 0 Å². The summed E-state index contributed by atoms with van der Waals surface area (Å²) >= 11 is 0. The van der Waals surface area contributed by atoms with E-state index in [1.54, 1.807) is 0 Å². The van der Waals surface area contributed by atoms with E-state index in [1.165, 1.54) is 12.1 Å². The summed E-state index contributed by atoms with van der Waals surface area (Å²) in [5.41, 5.74) is -0.102. The van der Waals surface area contributed by atoms with Gasteiger partial charge in [0, 0.05) is 11.8 Å². The van der Waals surface area contributed by atoms with Crippen LogP contribution in [-0.2, 0) is 10.0 Å². The van der Waals surface area contributed by atoms with E-state index in [9.17, 15) is 27.1 Å². The summed E-state index contributed by atoms with van der Waals surface area (Å²) in [5, 5.41) is 10.6. The Labute approximate surface area is 118 Å². The summed E-state index contributed by atoms with van der Waals surface area (Å²) in [6, 6.07) is 6.70. The molecule has 5 nitrogen and oxygen atoms in total. The van der Waals surface area contributed by atoms with E-state index in [2.05, 4.69) is 4.72 Å². The number of carbonyl (C=O) groups is 1. The molecule has 0 saturated carbocycles. The number of sulfonamides is 1. The van der Waals surface area contributed by atoms with Gasteiger partial charge in [0.2, 0.25) is 0 Å². The number of anilines is 1. The number of hydrogen-bond acceptors (Lipinski definition) is 4. The van der Waals surface area contributed by atoms with Crippen molar-refractivity contribution >= 4 is 21.7 Å². The Balaban J connectivity index is 2.30. The van der Waals surface area contributed by atoms with Gasteiger partial charge in [-0.05, 0) is 29.8 Å². The zero-order chi connectivity index (χ0) is 15.6. The molecule has 1 N–H and O–H groups in total. The number of aromatic carboxylic acids is 1. The van der Waals surface area contributed by atoms with Crippen molar-refractivity contribution < 1.29 is 27.1 Å². The molecule has 0 aromatic heterocycles. The second-order valence-electron chi connectivity index (χ2n) is 4.05. The van der Waals surface area contributed by atoms with E-state index >= 15 is 0 Å². The Morgan fingerprint density at radius 2 is 1.67 bits per heavy atom. The highest BCUT2D eigenvalue weighted by atomic mass is 32.2. The number of halogens is 2. The minimum Gasteiger partial charge on any atom is -0.545 e. The first-order valence-corrected chi connectivity index (χ1v) is 7.07. The number of carboxylic acids is 1. The van der Waals surface area contributed by atoms with Gasteiger partial charge >= 0.3 is 0 Å². The first-order chi connectivity index (χ1) is 9.79. The van der Waals surface area contributed by atoms with Crippen LogP contribution in [0.5, 0.6) is 0 Å². The maximum Gasteiger partial charge on any atom is 0.264 e. The molecule has 110 valence electrons. The van der Waals surface area contributed by atoms with Crippen molar-refractivity contribution in [3.05, 3.63) is 59.7 Å². The van der Waals surface area contributed by atoms with Crippen LogP contribution in [0.1, 0.15) is 10.4 Å². The van der Waals surface area contributed by atoms with E-state index in [0.717, 1.165) is 24.3 Å². The maximum absolute atomic E-state index is 13.5. The van der Waals surface area contributed by atoms with Gasteiger partial charge in [0.25, 0.3) is 10.0 Å². The number of benzene rings is 2. The van der Waals surface area contributed by atoms with Gasteiger partial charge in [-0.15, -0.1) is 0 Å². The first kappa shape index (κ1) is 14.9. The van der Waals surface area contributed by atoms with Crippen LogP contribution in [0.4, 0.5) is 14.5 Å². The molecule has 2 aromatic carbocycles. The zero-order valence-corrected chi connectivity index (χ0v) is 11.2. The summed E-state index contributed by atoms with van der Waals surface area (Å²) in [7, 11) is -4.25. The van der Waals surface area contributed by atoms with Crippen LogP contribution in [0.25, 0.3) is 0 Å². The molecule has 0 atom stereocenters. The summed E-state index contributed by atoms with van der Waals surface area (Å²) in [6.07, 6.45) is 0. The van der Waals surface area contributed by atoms with Gasteiger partial charge in [-0.3, -0.25) is 4.72 Å². The fourth-order valence-corrected chi connectivity index (χ4v) is 2.70. The highest BCUT2D eigenvalue weighted by Gasteiger charge is 2.19. The molecule has 0 heterocycles. The Morgan fingerprint density at radius 3 is 2.19 bits per heavy atom. The molecule has 0 unspecified atom stereocenters. The van der Waals surface area contributed by atoms with Crippen molar-refractivity contribution in [3.63, 3.8) is 0 Å². The minimum atomic E-state index is -4.25. The predicted octanol–water partition coefficient (Wildman–Crippen LogP) is 1.13. The molecule has 0 aliphatic rings. The fourth-order valence-electron chi connectivity index (χ4n) is 1.58. The minimum absolute atomic E-state index is 0.0312. The van der Waals surface area contributed by atoms with Gasteiger partial charge in [-0.1, -0.05) is 12.1 Å². The average Bonchev–Trinajstić information content (AvgIpc) is 2.38. The summed E-state index contributed by atoms with van der Waals surface area (Å²) in [4.78, 5) is 9.85. The molecule has 0 radical (unpaired) electrons. The number of hydrogen-bond donors (Lipinski definition) is 1. The summed E-state index contributed by atoms with van der Waals surface area (Å²) in [5.74, 6) is -3.53. The Kier molecular flexibility index (Phi) is 3.90. The Morgan fingerprint density at radius 1 is 1.05 bits per heavy atom. The molecular weight excluding hydrogens is 304 g/mol. The molecule has 2 aromatic rings. The van der Waals surface area contributed by atoms with Gasteiger partial charge in [-0.2, -0.15) is 0 Å². The molecule has 8 heteroatoms. The molecule has 0 spiro atoms. The number of nitrogens with one attached hydrogen (secondary N) is 1. The van der Waals surface area contributed by atoms with E-state index in [-0.39, 0.29) is 11.3 Å². The molecule has 0 aliphatic heterocycles. The maximum atomic E-state index is 13.5. The second-order valence-corrected chi connectivity index (χ2v) is 5.70. The highest BCUT2D eigenvalue weighted by molar-refractivity contribution is 7.92. The van der Waals surface area contributed by atoms with Crippen molar-refractivity contribution in [2.75, 3.05) is 4.72 Å². The van der Waals surface area contributed by atoms with Crippen LogP contribution in [-0.4, -0.2) is 14.4 Å². The van der Waals surface area contributed by atoms with Gasteiger partial charge in [-0.25, -0.2) is 17.2 Å². The molecule has 0 fully saturated rings. The van der Waals surface area contributed by atoms with E-state index in [1.807, 2.05) is 0 Å². The van der Waals surface area contributed by atoms with E-state index in [4.69, 9.17) is 0 Å². The lowest BCUT2D eigenvalue weighted by atomic mass is 10.2. The third kappa shape index (κ3) is 3.34. The lowest BCUT2D eigenvalue weighted by Gasteiger charge is -2.10. The normalized spacial score (nSPS) is 11.1. The molecular formula is C13H8F2NO4S-. The van der Waals surface area contributed by atoms with Crippen molar-refractivity contribution in [2.24, 2.45) is 0 Å². The van der Waals surface area contributed by atoms with E-state index in [0.29, 0.717) is 6.07 Å². The van der Waals surface area contributed by atoms with E-state index < -0.39 is 32.5 Å². The van der Waals surface area contributed by atoms with Crippen LogP contribution in [0.2, 0.25) is 0 Å². The monoisotopic (exact) mass is 312 g/mol. The Bertz CT molecular complexity index is 788.